The molecule has 0 aliphatic carbocycles. The average molecular weight is 199 g/mol. The van der Waals surface area contributed by atoms with Crippen LogP contribution in [-0.4, -0.2) is 5.91 Å². The van der Waals surface area contributed by atoms with E-state index in [0.717, 1.165) is 44.9 Å². The van der Waals surface area contributed by atoms with Gasteiger partial charge >= 0.3 is 0 Å². The van der Waals surface area contributed by atoms with Gasteiger partial charge in [-0.1, -0.05) is 46.5 Å². The third-order valence-electron chi connectivity index (χ3n) is 3.22. The van der Waals surface area contributed by atoms with Gasteiger partial charge < -0.3 is 5.73 Å². The predicted octanol–water partition coefficient (Wildman–Crippen LogP) is 3.25. The molecule has 0 fully saturated rings. The van der Waals surface area contributed by atoms with E-state index in [-0.39, 0.29) is 11.3 Å². The zero-order valence-electron chi connectivity index (χ0n) is 9.94. The van der Waals surface area contributed by atoms with E-state index in [1.165, 1.54) is 0 Å². The first-order valence-electron chi connectivity index (χ1n) is 5.92. The molecule has 0 spiro atoms. The van der Waals surface area contributed by atoms with Crippen LogP contribution >= 0.6 is 0 Å². The minimum Gasteiger partial charge on any atom is -0.369 e. The standard InChI is InChI=1S/C12H25NO/c1-4-7-9-12(6-3,11(13)14)10-8-5-2/h4-10H2,1-3H3,(H2,13,14). The van der Waals surface area contributed by atoms with Crippen molar-refractivity contribution in [2.75, 3.05) is 0 Å². The van der Waals surface area contributed by atoms with Crippen molar-refractivity contribution >= 4 is 5.91 Å². The third kappa shape index (κ3) is 3.69. The number of carbonyl (C=O) groups excluding carboxylic acids is 1. The van der Waals surface area contributed by atoms with E-state index in [4.69, 9.17) is 5.73 Å². The molecular weight excluding hydrogens is 174 g/mol. The highest BCUT2D eigenvalue weighted by molar-refractivity contribution is 5.80. The van der Waals surface area contributed by atoms with E-state index in [0.29, 0.717) is 0 Å². The molecule has 0 heterocycles. The molecule has 0 aromatic heterocycles. The summed E-state index contributed by atoms with van der Waals surface area (Å²) in [5.41, 5.74) is 5.31. The lowest BCUT2D eigenvalue weighted by Crippen LogP contribution is -2.36. The molecule has 2 nitrogen and oxygen atoms in total. The fourth-order valence-electron chi connectivity index (χ4n) is 1.93. The maximum atomic E-state index is 11.5. The lowest BCUT2D eigenvalue weighted by molar-refractivity contribution is -0.129. The largest absolute Gasteiger partial charge is 0.369 e. The van der Waals surface area contributed by atoms with Gasteiger partial charge in [-0.3, -0.25) is 4.79 Å². The molecular formula is C12H25NO. The van der Waals surface area contributed by atoms with E-state index < -0.39 is 0 Å². The van der Waals surface area contributed by atoms with Gasteiger partial charge in [0.15, 0.2) is 0 Å². The smallest absolute Gasteiger partial charge is 0.223 e. The third-order valence-corrected chi connectivity index (χ3v) is 3.22. The average Bonchev–Trinajstić information content (AvgIpc) is 2.18. The number of primary amides is 1. The maximum absolute atomic E-state index is 11.5. The summed E-state index contributed by atoms with van der Waals surface area (Å²) in [5, 5.41) is 0. The fourth-order valence-corrected chi connectivity index (χ4v) is 1.93. The van der Waals surface area contributed by atoms with E-state index in [2.05, 4.69) is 20.8 Å². The summed E-state index contributed by atoms with van der Waals surface area (Å²) in [6.45, 7) is 6.39. The van der Waals surface area contributed by atoms with Crippen LogP contribution in [0.15, 0.2) is 0 Å². The van der Waals surface area contributed by atoms with Gasteiger partial charge in [-0.2, -0.15) is 0 Å². The van der Waals surface area contributed by atoms with E-state index >= 15 is 0 Å². The molecule has 0 saturated carbocycles. The topological polar surface area (TPSA) is 43.1 Å². The van der Waals surface area contributed by atoms with Crippen LogP contribution in [0.25, 0.3) is 0 Å². The summed E-state index contributed by atoms with van der Waals surface area (Å²) in [7, 11) is 0. The molecule has 0 saturated heterocycles. The van der Waals surface area contributed by atoms with Gasteiger partial charge in [0.2, 0.25) is 5.91 Å². The summed E-state index contributed by atoms with van der Waals surface area (Å²) < 4.78 is 0. The van der Waals surface area contributed by atoms with E-state index in [9.17, 15) is 4.79 Å². The van der Waals surface area contributed by atoms with Crippen LogP contribution < -0.4 is 5.73 Å². The molecule has 0 aromatic rings. The molecule has 2 heteroatoms. The Kier molecular flexibility index (Phi) is 6.60. The molecule has 0 radical (unpaired) electrons. The van der Waals surface area contributed by atoms with Crippen molar-refractivity contribution < 1.29 is 4.79 Å². The predicted molar refractivity (Wildman–Crippen MR) is 61.0 cm³/mol. The second-order valence-electron chi connectivity index (χ2n) is 4.21. The number of hydrogen-bond acceptors (Lipinski definition) is 1. The Labute approximate surface area is 88.3 Å². The molecule has 1 amide bonds. The Balaban J connectivity index is 4.35. The fraction of sp³-hybridized carbons (Fsp3) is 0.917. The van der Waals surface area contributed by atoms with Crippen molar-refractivity contribution in [2.45, 2.75) is 65.7 Å². The Morgan fingerprint density at radius 3 is 1.71 bits per heavy atom. The minimum absolute atomic E-state index is 0.0955. The molecule has 14 heavy (non-hydrogen) atoms. The van der Waals surface area contributed by atoms with Gasteiger partial charge in [-0.25, -0.2) is 0 Å². The Morgan fingerprint density at radius 2 is 1.50 bits per heavy atom. The summed E-state index contributed by atoms with van der Waals surface area (Å²) in [4.78, 5) is 11.5. The van der Waals surface area contributed by atoms with Gasteiger partial charge in [-0.15, -0.1) is 0 Å². The highest BCUT2D eigenvalue weighted by atomic mass is 16.1. The van der Waals surface area contributed by atoms with E-state index in [1.54, 1.807) is 0 Å². The van der Waals surface area contributed by atoms with Gasteiger partial charge in [0.1, 0.15) is 0 Å². The second-order valence-corrected chi connectivity index (χ2v) is 4.21. The molecule has 0 aliphatic heterocycles. The SMILES string of the molecule is CCCCC(CC)(CCCC)C(N)=O. The first kappa shape index (κ1) is 13.5. The summed E-state index contributed by atoms with van der Waals surface area (Å²) >= 11 is 0. The monoisotopic (exact) mass is 199 g/mol. The number of carbonyl (C=O) groups is 1. The minimum atomic E-state index is -0.216. The van der Waals surface area contributed by atoms with Crippen molar-refractivity contribution in [2.24, 2.45) is 11.1 Å². The van der Waals surface area contributed by atoms with Crippen molar-refractivity contribution in [3.8, 4) is 0 Å². The summed E-state index contributed by atoms with van der Waals surface area (Å²) in [6, 6.07) is 0. The zero-order chi connectivity index (χ0) is 11.0. The Hall–Kier alpha value is -0.530. The van der Waals surface area contributed by atoms with Gasteiger partial charge in [-0.05, 0) is 19.3 Å². The molecule has 84 valence electrons. The molecule has 0 atom stereocenters. The van der Waals surface area contributed by atoms with Crippen molar-refractivity contribution in [3.05, 3.63) is 0 Å². The number of unbranched alkanes of at least 4 members (excludes halogenated alkanes) is 2. The Bertz CT molecular complexity index is 158. The van der Waals surface area contributed by atoms with Crippen LogP contribution in [0.4, 0.5) is 0 Å². The van der Waals surface area contributed by atoms with Crippen LogP contribution in [0.3, 0.4) is 0 Å². The first-order chi connectivity index (χ1) is 6.63. The quantitative estimate of drug-likeness (QED) is 0.640. The van der Waals surface area contributed by atoms with Gasteiger partial charge in [0.25, 0.3) is 0 Å². The van der Waals surface area contributed by atoms with E-state index in [1.807, 2.05) is 0 Å². The molecule has 0 aliphatic rings. The van der Waals surface area contributed by atoms with Crippen LogP contribution in [0.1, 0.15) is 65.7 Å². The Morgan fingerprint density at radius 1 is 1.07 bits per heavy atom. The molecule has 2 N–H and O–H groups in total. The van der Waals surface area contributed by atoms with Crippen molar-refractivity contribution in [1.29, 1.82) is 0 Å². The summed E-state index contributed by atoms with van der Waals surface area (Å²) in [6.07, 6.45) is 7.33. The van der Waals surface area contributed by atoms with Gasteiger partial charge in [0, 0.05) is 5.41 Å². The first-order valence-corrected chi connectivity index (χ1v) is 5.92. The molecule has 0 rings (SSSR count). The normalized spacial score (nSPS) is 11.6. The maximum Gasteiger partial charge on any atom is 0.223 e. The van der Waals surface area contributed by atoms with Crippen LogP contribution in [0.2, 0.25) is 0 Å². The molecule has 0 bridgehead atoms. The molecule has 0 aromatic carbocycles. The lowest BCUT2D eigenvalue weighted by Gasteiger charge is -2.29. The van der Waals surface area contributed by atoms with Crippen LogP contribution in [-0.2, 0) is 4.79 Å². The summed E-state index contributed by atoms with van der Waals surface area (Å²) in [5.74, 6) is -0.0955. The number of amides is 1. The highest BCUT2D eigenvalue weighted by Gasteiger charge is 2.32. The van der Waals surface area contributed by atoms with Crippen molar-refractivity contribution in [3.63, 3.8) is 0 Å². The van der Waals surface area contributed by atoms with Crippen LogP contribution in [0, 0.1) is 5.41 Å². The molecule has 0 unspecified atom stereocenters. The number of hydrogen-bond donors (Lipinski definition) is 1. The zero-order valence-corrected chi connectivity index (χ0v) is 9.94. The van der Waals surface area contributed by atoms with Crippen LogP contribution in [0.5, 0.6) is 0 Å². The lowest BCUT2D eigenvalue weighted by atomic mass is 9.75. The number of rotatable bonds is 8. The second kappa shape index (κ2) is 6.86. The number of nitrogens with two attached hydrogens (primary N) is 1. The van der Waals surface area contributed by atoms with Gasteiger partial charge in [0.05, 0.1) is 0 Å². The highest BCUT2D eigenvalue weighted by Crippen LogP contribution is 2.34. The van der Waals surface area contributed by atoms with Crippen molar-refractivity contribution in [1.82, 2.24) is 0 Å².